The topological polar surface area (TPSA) is 30.5 Å². The Morgan fingerprint density at radius 1 is 1.50 bits per heavy atom. The monoisotopic (exact) mass is 267 g/mol. The molecule has 0 aromatic heterocycles. The number of hydrogen-bond acceptors (Lipinski definition) is 4. The maximum atomic E-state index is 5.73. The van der Waals surface area contributed by atoms with Crippen LogP contribution in [0, 0.1) is 0 Å². The number of ether oxygens (including phenoxy) is 2. The molecule has 1 aliphatic heterocycles. The third-order valence-electron chi connectivity index (χ3n) is 3.02. The average molecular weight is 267 g/mol. The molecule has 1 aliphatic rings. The molecular weight excluding hydrogens is 246 g/mol. The van der Waals surface area contributed by atoms with Crippen LogP contribution in [0.15, 0.2) is 18.2 Å². The van der Waals surface area contributed by atoms with E-state index in [0.717, 1.165) is 24.5 Å². The van der Waals surface area contributed by atoms with Crippen molar-refractivity contribution >= 4 is 11.8 Å². The molecule has 1 aromatic rings. The van der Waals surface area contributed by atoms with Gasteiger partial charge in [0, 0.05) is 11.6 Å². The van der Waals surface area contributed by atoms with Gasteiger partial charge >= 0.3 is 0 Å². The highest BCUT2D eigenvalue weighted by atomic mass is 32.2. The normalized spacial score (nSPS) is 17.3. The van der Waals surface area contributed by atoms with Crippen molar-refractivity contribution in [3.63, 3.8) is 0 Å². The molecule has 1 aromatic carbocycles. The van der Waals surface area contributed by atoms with Gasteiger partial charge in [0.15, 0.2) is 0 Å². The summed E-state index contributed by atoms with van der Waals surface area (Å²) in [6.45, 7) is 3.67. The number of thioether (sulfide) groups is 1. The van der Waals surface area contributed by atoms with Gasteiger partial charge in [-0.3, -0.25) is 0 Å². The SMILES string of the molecule is CCSCCCOc1ccc2c(c1)OCC2NC. The lowest BCUT2D eigenvalue weighted by Gasteiger charge is -2.08. The molecular formula is C14H21NO2S. The summed E-state index contributed by atoms with van der Waals surface area (Å²) in [4.78, 5) is 0. The van der Waals surface area contributed by atoms with Crippen LogP contribution in [0.4, 0.5) is 0 Å². The van der Waals surface area contributed by atoms with Gasteiger partial charge in [-0.05, 0) is 37.1 Å². The zero-order valence-electron chi connectivity index (χ0n) is 11.1. The minimum Gasteiger partial charge on any atom is -0.493 e. The van der Waals surface area contributed by atoms with Crippen LogP contribution in [0.5, 0.6) is 11.5 Å². The zero-order chi connectivity index (χ0) is 12.8. The van der Waals surface area contributed by atoms with E-state index in [9.17, 15) is 0 Å². The average Bonchev–Trinajstić information content (AvgIpc) is 2.80. The molecule has 0 radical (unpaired) electrons. The molecule has 0 amide bonds. The Balaban J connectivity index is 1.84. The van der Waals surface area contributed by atoms with Crippen molar-refractivity contribution in [3.05, 3.63) is 23.8 Å². The molecule has 0 aliphatic carbocycles. The van der Waals surface area contributed by atoms with Crippen molar-refractivity contribution in [2.75, 3.05) is 31.8 Å². The number of likely N-dealkylation sites (N-methyl/N-ethyl adjacent to an activating group) is 1. The highest BCUT2D eigenvalue weighted by Crippen LogP contribution is 2.34. The van der Waals surface area contributed by atoms with E-state index in [2.05, 4.69) is 18.3 Å². The molecule has 2 rings (SSSR count). The molecule has 1 unspecified atom stereocenters. The van der Waals surface area contributed by atoms with Crippen molar-refractivity contribution in [1.29, 1.82) is 0 Å². The first-order chi connectivity index (χ1) is 8.85. The van der Waals surface area contributed by atoms with E-state index < -0.39 is 0 Å². The second kappa shape index (κ2) is 6.90. The maximum absolute atomic E-state index is 5.73. The summed E-state index contributed by atoms with van der Waals surface area (Å²) < 4.78 is 11.4. The molecule has 3 nitrogen and oxygen atoms in total. The summed E-state index contributed by atoms with van der Waals surface area (Å²) in [6.07, 6.45) is 1.09. The first kappa shape index (κ1) is 13.6. The molecule has 0 saturated carbocycles. The van der Waals surface area contributed by atoms with Crippen LogP contribution in [0.1, 0.15) is 24.9 Å². The highest BCUT2D eigenvalue weighted by molar-refractivity contribution is 7.99. The molecule has 100 valence electrons. The Labute approximate surface area is 113 Å². The number of nitrogens with one attached hydrogen (secondary N) is 1. The molecule has 18 heavy (non-hydrogen) atoms. The van der Waals surface area contributed by atoms with E-state index >= 15 is 0 Å². The summed E-state index contributed by atoms with van der Waals surface area (Å²) in [6, 6.07) is 6.44. The quantitative estimate of drug-likeness (QED) is 0.770. The standard InChI is InChI=1S/C14H21NO2S/c1-3-18-8-4-7-16-11-5-6-12-13(15-2)10-17-14(12)9-11/h5-6,9,13,15H,3-4,7-8,10H2,1-2H3. The lowest BCUT2D eigenvalue weighted by molar-refractivity contribution is 0.306. The molecule has 1 atom stereocenters. The molecule has 0 spiro atoms. The van der Waals surface area contributed by atoms with Crippen LogP contribution in [-0.2, 0) is 0 Å². The van der Waals surface area contributed by atoms with Gasteiger partial charge in [-0.1, -0.05) is 6.92 Å². The Morgan fingerprint density at radius 2 is 2.39 bits per heavy atom. The van der Waals surface area contributed by atoms with Crippen LogP contribution in [0.3, 0.4) is 0 Å². The third-order valence-corrected chi connectivity index (χ3v) is 4.01. The number of fused-ring (bicyclic) bond motifs is 1. The minimum absolute atomic E-state index is 0.315. The van der Waals surface area contributed by atoms with E-state index in [1.807, 2.05) is 30.9 Å². The van der Waals surface area contributed by atoms with Crippen LogP contribution < -0.4 is 14.8 Å². The van der Waals surface area contributed by atoms with Gasteiger partial charge in [0.2, 0.25) is 0 Å². The number of rotatable bonds is 7. The van der Waals surface area contributed by atoms with E-state index in [1.54, 1.807) is 0 Å². The molecule has 1 heterocycles. The minimum atomic E-state index is 0.315. The summed E-state index contributed by atoms with van der Waals surface area (Å²) in [5.74, 6) is 4.21. The van der Waals surface area contributed by atoms with Crippen molar-refractivity contribution in [2.24, 2.45) is 0 Å². The van der Waals surface area contributed by atoms with Crippen molar-refractivity contribution < 1.29 is 9.47 Å². The molecule has 0 fully saturated rings. The molecule has 0 saturated heterocycles. The fourth-order valence-electron chi connectivity index (χ4n) is 2.01. The van der Waals surface area contributed by atoms with Crippen LogP contribution in [-0.4, -0.2) is 31.8 Å². The van der Waals surface area contributed by atoms with Gasteiger partial charge in [-0.15, -0.1) is 0 Å². The Morgan fingerprint density at radius 3 is 3.17 bits per heavy atom. The molecule has 4 heteroatoms. The highest BCUT2D eigenvalue weighted by Gasteiger charge is 2.22. The van der Waals surface area contributed by atoms with Gasteiger partial charge in [-0.2, -0.15) is 11.8 Å². The summed E-state index contributed by atoms with van der Waals surface area (Å²) in [7, 11) is 1.96. The Kier molecular flexibility index (Phi) is 5.20. The maximum Gasteiger partial charge on any atom is 0.127 e. The number of benzene rings is 1. The summed E-state index contributed by atoms with van der Waals surface area (Å²) in [5, 5.41) is 3.24. The number of hydrogen-bond donors (Lipinski definition) is 1. The molecule has 0 bridgehead atoms. The largest absolute Gasteiger partial charge is 0.493 e. The van der Waals surface area contributed by atoms with E-state index in [0.29, 0.717) is 12.6 Å². The lowest BCUT2D eigenvalue weighted by Crippen LogP contribution is -2.17. The molecule has 1 N–H and O–H groups in total. The summed E-state index contributed by atoms with van der Waals surface area (Å²) >= 11 is 1.95. The van der Waals surface area contributed by atoms with Crippen LogP contribution in [0.25, 0.3) is 0 Å². The fourth-order valence-corrected chi connectivity index (χ4v) is 2.63. The zero-order valence-corrected chi connectivity index (χ0v) is 11.9. The Hall–Kier alpha value is -0.870. The second-order valence-electron chi connectivity index (χ2n) is 4.25. The third kappa shape index (κ3) is 3.33. The van der Waals surface area contributed by atoms with Crippen LogP contribution >= 0.6 is 11.8 Å². The van der Waals surface area contributed by atoms with E-state index in [-0.39, 0.29) is 0 Å². The Bertz CT molecular complexity index is 384. The second-order valence-corrected chi connectivity index (χ2v) is 5.64. The predicted octanol–water partition coefficient (Wildman–Crippen LogP) is 2.86. The predicted molar refractivity (Wildman–Crippen MR) is 76.8 cm³/mol. The first-order valence-corrected chi connectivity index (χ1v) is 7.65. The van der Waals surface area contributed by atoms with Gasteiger partial charge in [0.05, 0.1) is 12.6 Å². The van der Waals surface area contributed by atoms with Gasteiger partial charge in [0.1, 0.15) is 18.1 Å². The first-order valence-electron chi connectivity index (χ1n) is 6.49. The van der Waals surface area contributed by atoms with E-state index in [1.165, 1.54) is 17.1 Å². The summed E-state index contributed by atoms with van der Waals surface area (Å²) in [5.41, 5.74) is 1.23. The van der Waals surface area contributed by atoms with Gasteiger partial charge in [0.25, 0.3) is 0 Å². The van der Waals surface area contributed by atoms with Crippen LogP contribution in [0.2, 0.25) is 0 Å². The lowest BCUT2D eigenvalue weighted by atomic mass is 10.1. The van der Waals surface area contributed by atoms with Crippen molar-refractivity contribution in [1.82, 2.24) is 5.32 Å². The van der Waals surface area contributed by atoms with Gasteiger partial charge < -0.3 is 14.8 Å². The van der Waals surface area contributed by atoms with Gasteiger partial charge in [-0.25, -0.2) is 0 Å². The fraction of sp³-hybridized carbons (Fsp3) is 0.571. The van der Waals surface area contributed by atoms with E-state index in [4.69, 9.17) is 9.47 Å². The van der Waals surface area contributed by atoms with Crippen molar-refractivity contribution in [3.8, 4) is 11.5 Å². The van der Waals surface area contributed by atoms with Crippen molar-refractivity contribution in [2.45, 2.75) is 19.4 Å². The smallest absolute Gasteiger partial charge is 0.127 e.